The molecule has 0 aromatic carbocycles. The fraction of sp³-hybridized carbons (Fsp3) is 0.615. The van der Waals surface area contributed by atoms with E-state index in [2.05, 4.69) is 4.98 Å². The maximum atomic E-state index is 5.54. The highest BCUT2D eigenvalue weighted by molar-refractivity contribution is 5.03. The minimum Gasteiger partial charge on any atom is -0.381 e. The minimum absolute atomic E-state index is 0.0707. The highest BCUT2D eigenvalue weighted by atomic mass is 16.7. The van der Waals surface area contributed by atoms with Gasteiger partial charge in [-0.15, -0.1) is 0 Å². The van der Waals surface area contributed by atoms with Crippen molar-refractivity contribution < 1.29 is 14.2 Å². The van der Waals surface area contributed by atoms with Gasteiger partial charge in [0.25, 0.3) is 0 Å². The van der Waals surface area contributed by atoms with E-state index >= 15 is 0 Å². The second-order valence-corrected chi connectivity index (χ2v) is 4.00. The first-order chi connectivity index (χ1) is 8.45. The van der Waals surface area contributed by atoms with Gasteiger partial charge >= 0.3 is 0 Å². The Kier molecular flexibility index (Phi) is 5.42. The molecule has 0 saturated carbocycles. The molecule has 0 spiro atoms. The molecule has 4 heteroatoms. The average Bonchev–Trinajstić information content (AvgIpc) is 2.41. The van der Waals surface area contributed by atoms with Gasteiger partial charge in [-0.25, -0.2) is 0 Å². The van der Waals surface area contributed by atoms with Crippen LogP contribution in [0.3, 0.4) is 0 Å². The quantitative estimate of drug-likeness (QED) is 0.707. The Morgan fingerprint density at radius 1 is 1.24 bits per heavy atom. The number of rotatable bonds is 6. The average molecular weight is 237 g/mol. The van der Waals surface area contributed by atoms with E-state index in [1.54, 1.807) is 6.20 Å². The summed E-state index contributed by atoms with van der Waals surface area (Å²) in [7, 11) is 0. The largest absolute Gasteiger partial charge is 0.381 e. The second kappa shape index (κ2) is 7.37. The molecule has 2 rings (SSSR count). The van der Waals surface area contributed by atoms with Gasteiger partial charge in [-0.2, -0.15) is 0 Å². The van der Waals surface area contributed by atoms with Crippen molar-refractivity contribution in [2.45, 2.75) is 25.6 Å². The minimum atomic E-state index is -0.0707. The monoisotopic (exact) mass is 237 g/mol. The second-order valence-electron chi connectivity index (χ2n) is 4.00. The van der Waals surface area contributed by atoms with E-state index in [9.17, 15) is 0 Å². The zero-order valence-electron chi connectivity index (χ0n) is 10.0. The molecule has 1 aromatic heterocycles. The summed E-state index contributed by atoms with van der Waals surface area (Å²) in [5.41, 5.74) is 1.07. The van der Waals surface area contributed by atoms with Crippen LogP contribution in [-0.4, -0.2) is 37.7 Å². The van der Waals surface area contributed by atoms with Crippen molar-refractivity contribution in [2.24, 2.45) is 0 Å². The topological polar surface area (TPSA) is 40.6 Å². The lowest BCUT2D eigenvalue weighted by atomic mass is 10.3. The van der Waals surface area contributed by atoms with Crippen LogP contribution in [0.2, 0.25) is 0 Å². The SMILES string of the molecule is c1ccc(CCOCCC2OCCCO2)nc1. The molecule has 17 heavy (non-hydrogen) atoms. The Balaban J connectivity index is 1.51. The molecule has 2 heterocycles. The summed E-state index contributed by atoms with van der Waals surface area (Å²) in [6, 6.07) is 5.92. The van der Waals surface area contributed by atoms with Gasteiger partial charge in [-0.3, -0.25) is 4.98 Å². The molecular weight excluding hydrogens is 218 g/mol. The maximum absolute atomic E-state index is 5.54. The molecule has 1 aromatic rings. The van der Waals surface area contributed by atoms with Gasteiger partial charge in [-0.05, 0) is 18.6 Å². The lowest BCUT2D eigenvalue weighted by Crippen LogP contribution is -2.26. The van der Waals surface area contributed by atoms with E-state index in [-0.39, 0.29) is 6.29 Å². The number of nitrogens with zero attached hydrogens (tertiary/aromatic N) is 1. The number of hydrogen-bond acceptors (Lipinski definition) is 4. The van der Waals surface area contributed by atoms with E-state index in [4.69, 9.17) is 14.2 Å². The molecule has 0 N–H and O–H groups in total. The summed E-state index contributed by atoms with van der Waals surface area (Å²) >= 11 is 0. The van der Waals surface area contributed by atoms with Crippen molar-refractivity contribution in [3.05, 3.63) is 30.1 Å². The van der Waals surface area contributed by atoms with Gasteiger partial charge in [0.05, 0.1) is 26.4 Å². The van der Waals surface area contributed by atoms with Gasteiger partial charge in [0.2, 0.25) is 0 Å². The molecular formula is C13H19NO3. The molecule has 0 amide bonds. The van der Waals surface area contributed by atoms with Gasteiger partial charge in [-0.1, -0.05) is 6.07 Å². The number of hydrogen-bond donors (Lipinski definition) is 0. The molecule has 0 bridgehead atoms. The maximum Gasteiger partial charge on any atom is 0.159 e. The predicted molar refractivity (Wildman–Crippen MR) is 63.7 cm³/mol. The van der Waals surface area contributed by atoms with Gasteiger partial charge in [0.1, 0.15) is 0 Å². The predicted octanol–water partition coefficient (Wildman–Crippen LogP) is 1.79. The number of ether oxygens (including phenoxy) is 3. The molecule has 0 radical (unpaired) electrons. The number of pyridine rings is 1. The Hall–Kier alpha value is -0.970. The molecule has 1 fully saturated rings. The Bertz CT molecular complexity index is 299. The third-order valence-electron chi connectivity index (χ3n) is 2.62. The highest BCUT2D eigenvalue weighted by Crippen LogP contribution is 2.08. The summed E-state index contributed by atoms with van der Waals surface area (Å²) < 4.78 is 16.4. The lowest BCUT2D eigenvalue weighted by molar-refractivity contribution is -0.186. The van der Waals surface area contributed by atoms with Crippen LogP contribution >= 0.6 is 0 Å². The molecule has 0 unspecified atom stereocenters. The Morgan fingerprint density at radius 2 is 2.12 bits per heavy atom. The van der Waals surface area contributed by atoms with Gasteiger partial charge < -0.3 is 14.2 Å². The summed E-state index contributed by atoms with van der Waals surface area (Å²) in [4.78, 5) is 4.24. The van der Waals surface area contributed by atoms with Crippen molar-refractivity contribution in [1.29, 1.82) is 0 Å². The summed E-state index contributed by atoms with van der Waals surface area (Å²) in [5, 5.41) is 0. The van der Waals surface area contributed by atoms with Crippen molar-refractivity contribution >= 4 is 0 Å². The first-order valence-corrected chi connectivity index (χ1v) is 6.16. The Labute approximate surface area is 102 Å². The van der Waals surface area contributed by atoms with Crippen molar-refractivity contribution in [3.63, 3.8) is 0 Å². The van der Waals surface area contributed by atoms with E-state index in [0.29, 0.717) is 13.2 Å². The first-order valence-electron chi connectivity index (χ1n) is 6.16. The molecule has 1 aliphatic rings. The zero-order valence-corrected chi connectivity index (χ0v) is 10.0. The summed E-state index contributed by atoms with van der Waals surface area (Å²) in [6.45, 7) is 2.98. The number of aromatic nitrogens is 1. The molecule has 1 aliphatic heterocycles. The smallest absolute Gasteiger partial charge is 0.159 e. The van der Waals surface area contributed by atoms with Crippen LogP contribution in [0, 0.1) is 0 Å². The molecule has 0 aliphatic carbocycles. The van der Waals surface area contributed by atoms with Crippen LogP contribution in [-0.2, 0) is 20.6 Å². The van der Waals surface area contributed by atoms with E-state index in [1.165, 1.54) is 0 Å². The normalized spacial score (nSPS) is 17.2. The van der Waals surface area contributed by atoms with Crippen LogP contribution < -0.4 is 0 Å². The molecule has 0 atom stereocenters. The van der Waals surface area contributed by atoms with Crippen LogP contribution in [0.25, 0.3) is 0 Å². The standard InChI is InChI=1S/C13H19NO3/c1-2-7-14-12(4-1)5-10-15-11-6-13-16-8-3-9-17-13/h1-2,4,7,13H,3,5-6,8-11H2. The molecule has 4 nitrogen and oxygen atoms in total. The van der Waals surface area contributed by atoms with Gasteiger partial charge in [0, 0.05) is 24.7 Å². The van der Waals surface area contributed by atoms with E-state index < -0.39 is 0 Å². The third-order valence-corrected chi connectivity index (χ3v) is 2.62. The molecule has 1 saturated heterocycles. The zero-order chi connectivity index (χ0) is 11.8. The highest BCUT2D eigenvalue weighted by Gasteiger charge is 2.13. The van der Waals surface area contributed by atoms with Crippen LogP contribution in [0.5, 0.6) is 0 Å². The van der Waals surface area contributed by atoms with Crippen molar-refractivity contribution in [1.82, 2.24) is 4.98 Å². The fourth-order valence-electron chi connectivity index (χ4n) is 1.71. The molecule has 94 valence electrons. The van der Waals surface area contributed by atoms with Gasteiger partial charge in [0.15, 0.2) is 6.29 Å². The van der Waals surface area contributed by atoms with Crippen molar-refractivity contribution in [2.75, 3.05) is 26.4 Å². The lowest BCUT2D eigenvalue weighted by Gasteiger charge is -2.22. The van der Waals surface area contributed by atoms with Crippen molar-refractivity contribution in [3.8, 4) is 0 Å². The van der Waals surface area contributed by atoms with E-state index in [1.807, 2.05) is 18.2 Å². The first kappa shape index (κ1) is 12.5. The van der Waals surface area contributed by atoms with Crippen LogP contribution in [0.1, 0.15) is 18.5 Å². The van der Waals surface area contributed by atoms with E-state index in [0.717, 1.165) is 38.2 Å². The Morgan fingerprint density at radius 3 is 2.88 bits per heavy atom. The summed E-state index contributed by atoms with van der Waals surface area (Å²) in [5.74, 6) is 0. The fourth-order valence-corrected chi connectivity index (χ4v) is 1.71. The van der Waals surface area contributed by atoms with Crippen LogP contribution in [0.4, 0.5) is 0 Å². The summed E-state index contributed by atoms with van der Waals surface area (Å²) in [6.07, 6.45) is 4.39. The van der Waals surface area contributed by atoms with Crippen LogP contribution in [0.15, 0.2) is 24.4 Å². The third kappa shape index (κ3) is 4.81.